The molecule has 0 aromatic rings. The van der Waals surface area contributed by atoms with Gasteiger partial charge < -0.3 is 9.47 Å². The fourth-order valence-corrected chi connectivity index (χ4v) is 2.10. The van der Waals surface area contributed by atoms with Crippen molar-refractivity contribution in [1.29, 1.82) is 0 Å². The smallest absolute Gasteiger partial charge is 0.251 e. The second-order valence-electron chi connectivity index (χ2n) is 3.81. The number of allylic oxidation sites excluding steroid dienone is 2. The minimum atomic E-state index is -0.398. The van der Waals surface area contributed by atoms with Gasteiger partial charge in [0.25, 0.3) is 5.79 Å². The second kappa shape index (κ2) is 3.52. The van der Waals surface area contributed by atoms with Crippen molar-refractivity contribution in [3.05, 3.63) is 36.8 Å². The van der Waals surface area contributed by atoms with Gasteiger partial charge in [-0.2, -0.15) is 0 Å². The van der Waals surface area contributed by atoms with Gasteiger partial charge in [0.1, 0.15) is 0 Å². The molecule has 0 saturated heterocycles. The molecule has 1 saturated carbocycles. The molecule has 0 radical (unpaired) electrons. The Morgan fingerprint density at radius 3 is 1.86 bits per heavy atom. The van der Waals surface area contributed by atoms with Crippen LogP contribution in [0.4, 0.5) is 0 Å². The third kappa shape index (κ3) is 1.45. The number of ether oxygens (including phenoxy) is 2. The van der Waals surface area contributed by atoms with Crippen LogP contribution in [0.2, 0.25) is 0 Å². The van der Waals surface area contributed by atoms with Crippen molar-refractivity contribution >= 4 is 0 Å². The van der Waals surface area contributed by atoms with Crippen LogP contribution in [0.25, 0.3) is 0 Å². The second-order valence-corrected chi connectivity index (χ2v) is 3.81. The van der Waals surface area contributed by atoms with Gasteiger partial charge in [-0.05, 0) is 25.0 Å². The Hall–Kier alpha value is -1.18. The van der Waals surface area contributed by atoms with Crippen molar-refractivity contribution in [2.75, 3.05) is 0 Å². The Labute approximate surface area is 84.9 Å². The lowest BCUT2D eigenvalue weighted by molar-refractivity contribution is -0.170. The molecular formula is C12H16O2. The van der Waals surface area contributed by atoms with E-state index in [2.05, 4.69) is 13.2 Å². The van der Waals surface area contributed by atoms with Crippen molar-refractivity contribution in [1.82, 2.24) is 0 Å². The molecule has 2 heteroatoms. The summed E-state index contributed by atoms with van der Waals surface area (Å²) in [6, 6.07) is 0. The monoisotopic (exact) mass is 192 g/mol. The van der Waals surface area contributed by atoms with Crippen LogP contribution in [0.1, 0.15) is 32.1 Å². The molecule has 0 aromatic carbocycles. The summed E-state index contributed by atoms with van der Waals surface area (Å²) >= 11 is 0. The minimum absolute atomic E-state index is 0.398. The van der Waals surface area contributed by atoms with E-state index >= 15 is 0 Å². The molecular weight excluding hydrogens is 176 g/mol. The Kier molecular flexibility index (Phi) is 2.36. The molecule has 14 heavy (non-hydrogen) atoms. The molecule has 1 fully saturated rings. The Morgan fingerprint density at radius 1 is 0.929 bits per heavy atom. The van der Waals surface area contributed by atoms with Crippen LogP contribution in [0.5, 0.6) is 0 Å². The highest BCUT2D eigenvalue weighted by Crippen LogP contribution is 2.42. The highest BCUT2D eigenvalue weighted by molar-refractivity contribution is 5.26. The first-order valence-corrected chi connectivity index (χ1v) is 5.17. The largest absolute Gasteiger partial charge is 0.448 e. The van der Waals surface area contributed by atoms with E-state index in [1.54, 1.807) is 12.2 Å². The topological polar surface area (TPSA) is 18.5 Å². The Morgan fingerprint density at radius 2 is 1.43 bits per heavy atom. The van der Waals surface area contributed by atoms with Gasteiger partial charge in [-0.3, -0.25) is 0 Å². The van der Waals surface area contributed by atoms with Crippen LogP contribution in [0.15, 0.2) is 36.8 Å². The van der Waals surface area contributed by atoms with Gasteiger partial charge in [0.15, 0.2) is 11.5 Å². The Bertz CT molecular complexity index is 261. The van der Waals surface area contributed by atoms with Crippen LogP contribution < -0.4 is 0 Å². The maximum absolute atomic E-state index is 5.81. The molecule has 1 aliphatic carbocycles. The molecule has 0 atom stereocenters. The van der Waals surface area contributed by atoms with E-state index in [0.717, 1.165) is 24.4 Å². The predicted molar refractivity (Wildman–Crippen MR) is 55.4 cm³/mol. The summed E-state index contributed by atoms with van der Waals surface area (Å²) in [5, 5.41) is 0. The molecule has 1 aliphatic heterocycles. The fraction of sp³-hybridized carbons (Fsp3) is 0.500. The van der Waals surface area contributed by atoms with Gasteiger partial charge in [-0.25, -0.2) is 0 Å². The maximum Gasteiger partial charge on any atom is 0.251 e. The SMILES string of the molecule is C=CC1=C(C=C)OC2(CCCCC2)O1. The van der Waals surface area contributed by atoms with Crippen LogP contribution in [-0.4, -0.2) is 5.79 Å². The zero-order valence-electron chi connectivity index (χ0n) is 8.42. The van der Waals surface area contributed by atoms with Crippen LogP contribution >= 0.6 is 0 Å². The highest BCUT2D eigenvalue weighted by Gasteiger charge is 2.42. The van der Waals surface area contributed by atoms with Crippen LogP contribution in [0.3, 0.4) is 0 Å². The van der Waals surface area contributed by atoms with Gasteiger partial charge in [0.05, 0.1) is 0 Å². The standard InChI is InChI=1S/C12H16O2/c1-3-10-11(4-2)14-12(13-10)8-6-5-7-9-12/h3-4H,1-2,5-9H2. The average molecular weight is 192 g/mol. The van der Waals surface area contributed by atoms with Gasteiger partial charge in [0, 0.05) is 12.8 Å². The molecule has 0 aromatic heterocycles. The van der Waals surface area contributed by atoms with E-state index in [4.69, 9.17) is 9.47 Å². The third-order valence-electron chi connectivity index (χ3n) is 2.82. The summed E-state index contributed by atoms with van der Waals surface area (Å²) in [6.07, 6.45) is 8.97. The molecule has 0 unspecified atom stereocenters. The first-order valence-electron chi connectivity index (χ1n) is 5.17. The Balaban J connectivity index is 2.15. The molecule has 0 bridgehead atoms. The number of hydrogen-bond acceptors (Lipinski definition) is 2. The first kappa shape index (κ1) is 9.38. The lowest BCUT2D eigenvalue weighted by Gasteiger charge is -2.32. The predicted octanol–water partition coefficient (Wildman–Crippen LogP) is 3.28. The first-order chi connectivity index (χ1) is 6.79. The summed E-state index contributed by atoms with van der Waals surface area (Å²) in [6.45, 7) is 7.42. The molecule has 2 rings (SSSR count). The van der Waals surface area contributed by atoms with E-state index < -0.39 is 5.79 Å². The minimum Gasteiger partial charge on any atom is -0.448 e. The van der Waals surface area contributed by atoms with Gasteiger partial charge >= 0.3 is 0 Å². The van der Waals surface area contributed by atoms with Crippen molar-refractivity contribution in [2.45, 2.75) is 37.9 Å². The zero-order chi connectivity index (χ0) is 10.0. The molecule has 1 heterocycles. The van der Waals surface area contributed by atoms with Crippen molar-refractivity contribution in [3.8, 4) is 0 Å². The molecule has 2 aliphatic rings. The quantitative estimate of drug-likeness (QED) is 0.668. The van der Waals surface area contributed by atoms with E-state index in [9.17, 15) is 0 Å². The zero-order valence-corrected chi connectivity index (χ0v) is 8.42. The lowest BCUT2D eigenvalue weighted by atomic mass is 9.94. The molecule has 0 N–H and O–H groups in total. The van der Waals surface area contributed by atoms with E-state index in [1.807, 2.05) is 0 Å². The summed E-state index contributed by atoms with van der Waals surface area (Å²) in [5.41, 5.74) is 0. The normalized spacial score (nSPS) is 24.3. The summed E-state index contributed by atoms with van der Waals surface area (Å²) in [7, 11) is 0. The van der Waals surface area contributed by atoms with Gasteiger partial charge in [-0.15, -0.1) is 0 Å². The molecule has 76 valence electrons. The van der Waals surface area contributed by atoms with Crippen LogP contribution in [-0.2, 0) is 9.47 Å². The molecule has 0 amide bonds. The van der Waals surface area contributed by atoms with Gasteiger partial charge in [0.2, 0.25) is 0 Å². The maximum atomic E-state index is 5.81. The van der Waals surface area contributed by atoms with Crippen LogP contribution in [0, 0.1) is 0 Å². The summed E-state index contributed by atoms with van der Waals surface area (Å²) < 4.78 is 11.6. The third-order valence-corrected chi connectivity index (χ3v) is 2.82. The van der Waals surface area contributed by atoms with E-state index in [1.165, 1.54) is 19.3 Å². The molecule has 2 nitrogen and oxygen atoms in total. The fourth-order valence-electron chi connectivity index (χ4n) is 2.10. The van der Waals surface area contributed by atoms with Crippen molar-refractivity contribution in [3.63, 3.8) is 0 Å². The van der Waals surface area contributed by atoms with Crippen molar-refractivity contribution < 1.29 is 9.47 Å². The lowest BCUT2D eigenvalue weighted by Crippen LogP contribution is -2.33. The van der Waals surface area contributed by atoms with E-state index in [-0.39, 0.29) is 0 Å². The number of rotatable bonds is 2. The van der Waals surface area contributed by atoms with Gasteiger partial charge in [-0.1, -0.05) is 19.6 Å². The highest BCUT2D eigenvalue weighted by atomic mass is 16.7. The summed E-state index contributed by atoms with van der Waals surface area (Å²) in [4.78, 5) is 0. The van der Waals surface area contributed by atoms with Crippen molar-refractivity contribution in [2.24, 2.45) is 0 Å². The summed E-state index contributed by atoms with van der Waals surface area (Å²) in [5.74, 6) is 1.08. The number of hydrogen-bond donors (Lipinski definition) is 0. The van der Waals surface area contributed by atoms with E-state index in [0.29, 0.717) is 0 Å². The average Bonchev–Trinajstić information content (AvgIpc) is 2.57. The molecule has 1 spiro atoms.